The van der Waals surface area contributed by atoms with Crippen molar-refractivity contribution in [2.45, 2.75) is 65.4 Å². The number of carboxylic acids is 1. The van der Waals surface area contributed by atoms with E-state index in [1.807, 2.05) is 31.2 Å². The molecule has 3 rings (SSSR count). The fourth-order valence-corrected chi connectivity index (χ4v) is 5.14. The largest absolute Gasteiger partial charge is 0.490 e. The number of carbonyl (C=O) groups is 2. The molecule has 8 heteroatoms. The summed E-state index contributed by atoms with van der Waals surface area (Å²) in [4.78, 5) is 25.7. The Morgan fingerprint density at radius 3 is 2.43 bits per heavy atom. The van der Waals surface area contributed by atoms with Crippen molar-refractivity contribution < 1.29 is 24.2 Å². The maximum absolute atomic E-state index is 12.9. The number of unbranched alkanes of at least 4 members (excludes halogenated alkanes) is 2. The molecule has 198 valence electrons. The lowest BCUT2D eigenvalue weighted by molar-refractivity contribution is -0.137. The quantitative estimate of drug-likeness (QED) is 0.180. The average molecular weight is 542 g/mol. The van der Waals surface area contributed by atoms with Crippen molar-refractivity contribution in [1.82, 2.24) is 4.90 Å². The van der Waals surface area contributed by atoms with Crippen LogP contribution < -0.4 is 9.47 Å². The molecule has 1 aliphatic heterocycles. The Kier molecular flexibility index (Phi) is 10.2. The van der Waals surface area contributed by atoms with Gasteiger partial charge in [0.25, 0.3) is 5.91 Å². The summed E-state index contributed by atoms with van der Waals surface area (Å²) in [5.41, 5.74) is 3.28. The second-order valence-corrected chi connectivity index (χ2v) is 11.6. The van der Waals surface area contributed by atoms with E-state index in [4.69, 9.17) is 26.8 Å². The fourth-order valence-electron chi connectivity index (χ4n) is 3.83. The van der Waals surface area contributed by atoms with Crippen LogP contribution in [0.5, 0.6) is 11.5 Å². The molecule has 0 aliphatic carbocycles. The van der Waals surface area contributed by atoms with Crippen LogP contribution in [0, 0.1) is 0 Å². The number of rotatable bonds is 12. The Labute approximate surface area is 229 Å². The van der Waals surface area contributed by atoms with Gasteiger partial charge in [-0.3, -0.25) is 14.5 Å². The van der Waals surface area contributed by atoms with Crippen molar-refractivity contribution in [1.29, 1.82) is 0 Å². The van der Waals surface area contributed by atoms with Gasteiger partial charge in [-0.15, -0.1) is 0 Å². The molecular formula is C29H35NO5S2. The van der Waals surface area contributed by atoms with Gasteiger partial charge in [0.2, 0.25) is 0 Å². The molecule has 0 radical (unpaired) electrons. The Balaban J connectivity index is 1.65. The van der Waals surface area contributed by atoms with Crippen LogP contribution in [0.4, 0.5) is 0 Å². The minimum atomic E-state index is -0.800. The van der Waals surface area contributed by atoms with E-state index in [2.05, 4.69) is 45.0 Å². The van der Waals surface area contributed by atoms with Gasteiger partial charge in [-0.25, -0.2) is 0 Å². The molecule has 37 heavy (non-hydrogen) atoms. The minimum Gasteiger partial charge on any atom is -0.490 e. The number of benzene rings is 2. The standard InChI is InChI=1S/C29H35NO5S2/c1-5-34-24-17-21(12-15-23(24)35-19-20-10-13-22(14-11-20)29(2,3)4)18-25-27(33)30(28(36)37-25)16-8-6-7-9-26(31)32/h10-15,17-18H,5-9,16,19H2,1-4H3,(H,31,32)/b25-18+. The van der Waals surface area contributed by atoms with Crippen LogP contribution in [-0.4, -0.2) is 39.4 Å². The molecule has 0 saturated carbocycles. The van der Waals surface area contributed by atoms with Crippen LogP contribution in [0.3, 0.4) is 0 Å². The number of hydrogen-bond donors (Lipinski definition) is 1. The number of ether oxygens (including phenoxy) is 2. The highest BCUT2D eigenvalue weighted by Gasteiger charge is 2.31. The van der Waals surface area contributed by atoms with Crippen LogP contribution in [0.2, 0.25) is 0 Å². The predicted octanol–water partition coefficient (Wildman–Crippen LogP) is 6.81. The third-order valence-electron chi connectivity index (χ3n) is 5.93. The lowest BCUT2D eigenvalue weighted by atomic mass is 9.87. The molecule has 0 unspecified atom stereocenters. The van der Waals surface area contributed by atoms with Gasteiger partial charge in [-0.1, -0.05) is 81.5 Å². The minimum absolute atomic E-state index is 0.105. The molecule has 1 amide bonds. The first-order chi connectivity index (χ1) is 17.6. The average Bonchev–Trinajstić information content (AvgIpc) is 3.10. The SMILES string of the molecule is CCOc1cc(/C=C2/SC(=S)N(CCCCCC(=O)O)C2=O)ccc1OCc1ccc(C(C)(C)C)cc1. The van der Waals surface area contributed by atoms with E-state index in [0.717, 1.165) is 17.5 Å². The predicted molar refractivity (Wildman–Crippen MR) is 153 cm³/mol. The van der Waals surface area contributed by atoms with Crippen LogP contribution in [0.15, 0.2) is 47.4 Å². The normalized spacial score (nSPS) is 14.9. The van der Waals surface area contributed by atoms with Crippen molar-refractivity contribution in [2.24, 2.45) is 0 Å². The van der Waals surface area contributed by atoms with E-state index in [1.165, 1.54) is 17.3 Å². The van der Waals surface area contributed by atoms with Crippen molar-refractivity contribution in [3.05, 3.63) is 64.1 Å². The van der Waals surface area contributed by atoms with Gasteiger partial charge >= 0.3 is 5.97 Å². The Hall–Kier alpha value is -2.84. The highest BCUT2D eigenvalue weighted by molar-refractivity contribution is 8.26. The van der Waals surface area contributed by atoms with Gasteiger partial charge in [0.05, 0.1) is 11.5 Å². The van der Waals surface area contributed by atoms with E-state index >= 15 is 0 Å². The van der Waals surface area contributed by atoms with Crippen molar-refractivity contribution in [3.8, 4) is 11.5 Å². The molecule has 2 aromatic carbocycles. The molecular weight excluding hydrogens is 506 g/mol. The smallest absolute Gasteiger partial charge is 0.303 e. The summed E-state index contributed by atoms with van der Waals surface area (Å²) >= 11 is 6.70. The Morgan fingerprint density at radius 2 is 1.78 bits per heavy atom. The number of thioether (sulfide) groups is 1. The second-order valence-electron chi connectivity index (χ2n) is 9.91. The van der Waals surface area contributed by atoms with E-state index in [1.54, 1.807) is 4.90 Å². The zero-order valence-corrected chi connectivity index (χ0v) is 23.5. The topological polar surface area (TPSA) is 76.1 Å². The van der Waals surface area contributed by atoms with Gasteiger partial charge in [-0.2, -0.15) is 0 Å². The molecule has 1 aliphatic rings. The monoisotopic (exact) mass is 541 g/mol. The number of nitrogens with zero attached hydrogens (tertiary/aromatic N) is 1. The number of hydrogen-bond acceptors (Lipinski definition) is 6. The number of amides is 1. The third-order valence-corrected chi connectivity index (χ3v) is 7.30. The summed E-state index contributed by atoms with van der Waals surface area (Å²) in [5.74, 6) is 0.348. The Morgan fingerprint density at radius 1 is 1.05 bits per heavy atom. The van der Waals surface area contributed by atoms with Crippen LogP contribution in [0.25, 0.3) is 6.08 Å². The molecule has 0 bridgehead atoms. The highest BCUT2D eigenvalue weighted by atomic mass is 32.2. The molecule has 1 fully saturated rings. The zero-order valence-electron chi connectivity index (χ0n) is 21.9. The first-order valence-electron chi connectivity index (χ1n) is 12.5. The molecule has 1 saturated heterocycles. The summed E-state index contributed by atoms with van der Waals surface area (Å²) in [6, 6.07) is 14.1. The lowest BCUT2D eigenvalue weighted by Crippen LogP contribution is -2.29. The van der Waals surface area contributed by atoms with E-state index in [0.29, 0.717) is 53.3 Å². The van der Waals surface area contributed by atoms with E-state index in [-0.39, 0.29) is 17.7 Å². The third kappa shape index (κ3) is 8.33. The summed E-state index contributed by atoms with van der Waals surface area (Å²) in [5, 5.41) is 8.76. The van der Waals surface area contributed by atoms with Gasteiger partial charge < -0.3 is 14.6 Å². The molecule has 1 heterocycles. The molecule has 2 aromatic rings. The highest BCUT2D eigenvalue weighted by Crippen LogP contribution is 2.35. The summed E-state index contributed by atoms with van der Waals surface area (Å²) in [7, 11) is 0. The zero-order chi connectivity index (χ0) is 27.0. The Bertz CT molecular complexity index is 1150. The van der Waals surface area contributed by atoms with Gasteiger partial charge in [0, 0.05) is 13.0 Å². The first kappa shape index (κ1) is 28.7. The second kappa shape index (κ2) is 13.1. The van der Waals surface area contributed by atoms with Crippen LogP contribution in [0.1, 0.15) is 70.1 Å². The summed E-state index contributed by atoms with van der Waals surface area (Å²) < 4.78 is 12.4. The van der Waals surface area contributed by atoms with E-state index in [9.17, 15) is 9.59 Å². The molecule has 1 N–H and O–H groups in total. The summed E-state index contributed by atoms with van der Waals surface area (Å²) in [6.45, 7) is 9.91. The fraction of sp³-hybridized carbons (Fsp3) is 0.414. The van der Waals surface area contributed by atoms with Crippen LogP contribution >= 0.6 is 24.0 Å². The first-order valence-corrected chi connectivity index (χ1v) is 13.8. The maximum Gasteiger partial charge on any atom is 0.303 e. The molecule has 0 atom stereocenters. The summed E-state index contributed by atoms with van der Waals surface area (Å²) in [6.07, 6.45) is 4.01. The van der Waals surface area contributed by atoms with Crippen LogP contribution in [-0.2, 0) is 21.6 Å². The number of carbonyl (C=O) groups excluding carboxylic acids is 1. The van der Waals surface area contributed by atoms with Crippen molar-refractivity contribution in [2.75, 3.05) is 13.2 Å². The lowest BCUT2D eigenvalue weighted by Gasteiger charge is -2.19. The van der Waals surface area contributed by atoms with Crippen molar-refractivity contribution >= 4 is 46.3 Å². The van der Waals surface area contributed by atoms with Gasteiger partial charge in [0.1, 0.15) is 10.9 Å². The number of thiocarbonyl (C=S) groups is 1. The molecule has 0 aromatic heterocycles. The maximum atomic E-state index is 12.9. The van der Waals surface area contributed by atoms with Gasteiger partial charge in [-0.05, 0) is 60.1 Å². The molecule has 6 nitrogen and oxygen atoms in total. The van der Waals surface area contributed by atoms with Gasteiger partial charge in [0.15, 0.2) is 11.5 Å². The number of aliphatic carboxylic acids is 1. The van der Waals surface area contributed by atoms with E-state index < -0.39 is 5.97 Å². The number of carboxylic acid groups (broad SMARTS) is 1. The molecule has 0 spiro atoms. The van der Waals surface area contributed by atoms with Crippen molar-refractivity contribution in [3.63, 3.8) is 0 Å².